The Morgan fingerprint density at radius 2 is 1.79 bits per heavy atom. The van der Waals surface area contributed by atoms with Gasteiger partial charge in [0.1, 0.15) is 5.82 Å². The molecule has 6 heteroatoms. The maximum atomic E-state index is 13.4. The van der Waals surface area contributed by atoms with Crippen molar-refractivity contribution >= 4 is 23.3 Å². The lowest BCUT2D eigenvalue weighted by Gasteiger charge is -2.26. The summed E-state index contributed by atoms with van der Waals surface area (Å²) in [6.45, 7) is 3.72. The van der Waals surface area contributed by atoms with Gasteiger partial charge in [-0.2, -0.15) is 0 Å². The fraction of sp³-hybridized carbons (Fsp3) is 0.435. The number of nitrogens with zero attached hydrogens (tertiary/aromatic N) is 4. The molecule has 1 saturated carbocycles. The maximum Gasteiger partial charge on any atom is 0.262 e. The largest absolute Gasteiger partial charge is 0.354 e. The second-order valence-electron chi connectivity index (χ2n) is 8.15. The normalized spacial score (nSPS) is 19.1. The Kier molecular flexibility index (Phi) is 4.70. The van der Waals surface area contributed by atoms with Gasteiger partial charge in [-0.05, 0) is 49.4 Å². The van der Waals surface area contributed by atoms with E-state index in [0.29, 0.717) is 31.1 Å². The Labute approximate surface area is 171 Å². The summed E-state index contributed by atoms with van der Waals surface area (Å²) in [5.74, 6) is 1.30. The molecule has 2 aliphatic heterocycles. The summed E-state index contributed by atoms with van der Waals surface area (Å²) >= 11 is 0. The maximum absolute atomic E-state index is 13.4. The average molecular weight is 390 g/mol. The van der Waals surface area contributed by atoms with Crippen LogP contribution in [0.15, 0.2) is 42.6 Å². The van der Waals surface area contributed by atoms with Crippen LogP contribution in [0.4, 0.5) is 11.5 Å². The first-order chi connectivity index (χ1) is 14.2. The van der Waals surface area contributed by atoms with Crippen LogP contribution in [0, 0.1) is 5.92 Å². The number of hydrogen-bond acceptors (Lipinski definition) is 4. The van der Waals surface area contributed by atoms with Crippen molar-refractivity contribution in [3.8, 4) is 0 Å². The highest BCUT2D eigenvalue weighted by molar-refractivity contribution is 6.10. The van der Waals surface area contributed by atoms with E-state index in [4.69, 9.17) is 0 Å². The highest BCUT2D eigenvalue weighted by Crippen LogP contribution is 2.32. The van der Waals surface area contributed by atoms with Crippen LogP contribution in [0.5, 0.6) is 0 Å². The van der Waals surface area contributed by atoms with Gasteiger partial charge in [-0.3, -0.25) is 9.59 Å². The Balaban J connectivity index is 1.37. The number of carbonyl (C=O) groups excluding carboxylic acids is 2. The Morgan fingerprint density at radius 3 is 2.66 bits per heavy atom. The summed E-state index contributed by atoms with van der Waals surface area (Å²) in [6.07, 6.45) is 5.61. The highest BCUT2D eigenvalue weighted by Gasteiger charge is 2.34. The van der Waals surface area contributed by atoms with Crippen LogP contribution in [0.3, 0.4) is 0 Å². The molecule has 1 aromatic carbocycles. The molecular weight excluding hydrogens is 364 g/mol. The van der Waals surface area contributed by atoms with Crippen molar-refractivity contribution in [2.45, 2.75) is 25.7 Å². The van der Waals surface area contributed by atoms with E-state index in [1.807, 2.05) is 40.1 Å². The van der Waals surface area contributed by atoms with Gasteiger partial charge in [-0.1, -0.05) is 18.2 Å². The van der Waals surface area contributed by atoms with Crippen LogP contribution in [0.25, 0.3) is 0 Å². The van der Waals surface area contributed by atoms with Crippen molar-refractivity contribution in [1.82, 2.24) is 9.88 Å². The van der Waals surface area contributed by atoms with Crippen molar-refractivity contribution in [3.05, 3.63) is 53.7 Å². The van der Waals surface area contributed by atoms with Crippen molar-refractivity contribution in [2.75, 3.05) is 42.5 Å². The highest BCUT2D eigenvalue weighted by atomic mass is 16.2. The zero-order valence-corrected chi connectivity index (χ0v) is 16.6. The van der Waals surface area contributed by atoms with Crippen LogP contribution in [-0.2, 0) is 11.2 Å². The average Bonchev–Trinajstić information content (AvgIpc) is 3.56. The number of aromatic nitrogens is 1. The van der Waals surface area contributed by atoms with Gasteiger partial charge in [0.2, 0.25) is 5.91 Å². The number of fused-ring (bicyclic) bond motifs is 1. The first-order valence-corrected chi connectivity index (χ1v) is 10.6. The molecule has 0 unspecified atom stereocenters. The van der Waals surface area contributed by atoms with Crippen molar-refractivity contribution in [3.63, 3.8) is 0 Å². The SMILES string of the molecule is O=C(C1CC1)N1CCCN(c2ncccc2C(=O)N2CCc3ccccc32)CC1. The van der Waals surface area contributed by atoms with E-state index in [2.05, 4.69) is 16.0 Å². The third kappa shape index (κ3) is 3.48. The standard InChI is InChI=1S/C23H26N4O2/c28-22(18-8-9-18)26-13-4-12-25(15-16-26)21-19(6-3-11-24-21)23(29)27-14-10-17-5-1-2-7-20(17)27/h1-3,5-7,11,18H,4,8-10,12-16H2. The molecule has 0 radical (unpaired) electrons. The zero-order valence-electron chi connectivity index (χ0n) is 16.6. The number of hydrogen-bond donors (Lipinski definition) is 0. The molecule has 29 heavy (non-hydrogen) atoms. The smallest absolute Gasteiger partial charge is 0.262 e. The van der Waals surface area contributed by atoms with Gasteiger partial charge in [0.15, 0.2) is 0 Å². The minimum atomic E-state index is 0.00760. The van der Waals surface area contributed by atoms with Crippen LogP contribution in [0.2, 0.25) is 0 Å². The Morgan fingerprint density at radius 1 is 0.931 bits per heavy atom. The van der Waals surface area contributed by atoms with Gasteiger partial charge in [-0.15, -0.1) is 0 Å². The number of pyridine rings is 1. The molecular formula is C23H26N4O2. The summed E-state index contributed by atoms with van der Waals surface area (Å²) in [5, 5.41) is 0. The van der Waals surface area contributed by atoms with Crippen molar-refractivity contribution in [2.24, 2.45) is 5.92 Å². The molecule has 0 N–H and O–H groups in total. The summed E-state index contributed by atoms with van der Waals surface area (Å²) < 4.78 is 0. The van der Waals surface area contributed by atoms with Gasteiger partial charge in [0.25, 0.3) is 5.91 Å². The molecule has 1 saturated heterocycles. The molecule has 1 aromatic heterocycles. The van der Waals surface area contributed by atoms with Crippen LogP contribution < -0.4 is 9.80 Å². The van der Waals surface area contributed by atoms with E-state index in [-0.39, 0.29) is 11.8 Å². The quantitative estimate of drug-likeness (QED) is 0.809. The lowest BCUT2D eigenvalue weighted by Crippen LogP contribution is -2.37. The van der Waals surface area contributed by atoms with E-state index in [1.165, 1.54) is 5.56 Å². The second kappa shape index (κ2) is 7.50. The summed E-state index contributed by atoms with van der Waals surface area (Å²) in [4.78, 5) is 36.5. The topological polar surface area (TPSA) is 56.8 Å². The molecule has 5 rings (SSSR count). The molecule has 6 nitrogen and oxygen atoms in total. The summed E-state index contributed by atoms with van der Waals surface area (Å²) in [5.41, 5.74) is 2.87. The fourth-order valence-corrected chi connectivity index (χ4v) is 4.45. The predicted octanol–water partition coefficient (Wildman–Crippen LogP) is 2.73. The van der Waals surface area contributed by atoms with E-state index >= 15 is 0 Å². The van der Waals surface area contributed by atoms with E-state index < -0.39 is 0 Å². The lowest BCUT2D eigenvalue weighted by molar-refractivity contribution is -0.132. The fourth-order valence-electron chi connectivity index (χ4n) is 4.45. The van der Waals surface area contributed by atoms with Crippen molar-refractivity contribution in [1.29, 1.82) is 0 Å². The number of amides is 2. The molecule has 2 aromatic rings. The van der Waals surface area contributed by atoms with Gasteiger partial charge in [-0.25, -0.2) is 4.98 Å². The molecule has 1 aliphatic carbocycles. The van der Waals surface area contributed by atoms with Gasteiger partial charge < -0.3 is 14.7 Å². The third-order valence-electron chi connectivity index (χ3n) is 6.18. The third-order valence-corrected chi connectivity index (χ3v) is 6.18. The second-order valence-corrected chi connectivity index (χ2v) is 8.15. The molecule has 150 valence electrons. The molecule has 3 heterocycles. The number of carbonyl (C=O) groups is 2. The predicted molar refractivity (Wildman–Crippen MR) is 112 cm³/mol. The van der Waals surface area contributed by atoms with E-state index in [1.54, 1.807) is 6.20 Å². The molecule has 0 spiro atoms. The lowest BCUT2D eigenvalue weighted by atomic mass is 10.1. The first-order valence-electron chi connectivity index (χ1n) is 10.6. The zero-order chi connectivity index (χ0) is 19.8. The van der Waals surface area contributed by atoms with E-state index in [0.717, 1.165) is 50.3 Å². The number of benzene rings is 1. The minimum Gasteiger partial charge on any atom is -0.354 e. The van der Waals surface area contributed by atoms with Crippen LogP contribution in [0.1, 0.15) is 35.2 Å². The number of para-hydroxylation sites is 1. The molecule has 0 bridgehead atoms. The van der Waals surface area contributed by atoms with Gasteiger partial charge in [0, 0.05) is 50.5 Å². The molecule has 3 aliphatic rings. The van der Waals surface area contributed by atoms with Crippen LogP contribution in [-0.4, -0.2) is 54.4 Å². The first kappa shape index (κ1) is 18.2. The Bertz CT molecular complexity index is 940. The number of rotatable bonds is 3. The minimum absolute atomic E-state index is 0.00760. The van der Waals surface area contributed by atoms with Crippen molar-refractivity contribution < 1.29 is 9.59 Å². The number of anilines is 2. The monoisotopic (exact) mass is 390 g/mol. The molecule has 2 amide bonds. The van der Waals surface area contributed by atoms with E-state index in [9.17, 15) is 9.59 Å². The summed E-state index contributed by atoms with van der Waals surface area (Å²) in [6, 6.07) is 11.8. The molecule has 0 atom stereocenters. The van der Waals surface area contributed by atoms with Gasteiger partial charge >= 0.3 is 0 Å². The van der Waals surface area contributed by atoms with Crippen LogP contribution >= 0.6 is 0 Å². The summed E-state index contributed by atoms with van der Waals surface area (Å²) in [7, 11) is 0. The van der Waals surface area contributed by atoms with Gasteiger partial charge in [0.05, 0.1) is 5.56 Å². The molecule has 2 fully saturated rings. The Hall–Kier alpha value is -2.89.